The monoisotopic (exact) mass is 458 g/mol. The predicted octanol–water partition coefficient (Wildman–Crippen LogP) is 6.88. The summed E-state index contributed by atoms with van der Waals surface area (Å²) in [6.45, 7) is 2.07. The molecule has 0 bridgehead atoms. The lowest BCUT2D eigenvalue weighted by molar-refractivity contribution is 0.251. The maximum absolute atomic E-state index is 12.4. The lowest BCUT2D eigenvalue weighted by Crippen LogP contribution is -2.31. The highest BCUT2D eigenvalue weighted by Gasteiger charge is 2.39. The van der Waals surface area contributed by atoms with Gasteiger partial charge in [-0.2, -0.15) is 0 Å². The molecule has 5 aromatic rings. The number of urea groups is 1. The number of carbonyl (C=O) groups excluding carboxylic acids is 1. The van der Waals surface area contributed by atoms with E-state index in [4.69, 9.17) is 4.98 Å². The van der Waals surface area contributed by atoms with Gasteiger partial charge in [0.05, 0.1) is 11.0 Å². The molecule has 1 fully saturated rings. The second-order valence-electron chi connectivity index (χ2n) is 9.17. The van der Waals surface area contributed by atoms with Crippen molar-refractivity contribution in [3.63, 3.8) is 0 Å². The third-order valence-electron chi connectivity index (χ3n) is 6.68. The average molecular weight is 459 g/mol. The Morgan fingerprint density at radius 1 is 0.829 bits per heavy atom. The Bertz CT molecular complexity index is 1490. The van der Waals surface area contributed by atoms with Crippen molar-refractivity contribution < 1.29 is 4.79 Å². The molecular formula is C30H26N4O. The van der Waals surface area contributed by atoms with Gasteiger partial charge in [-0.15, -0.1) is 0 Å². The Kier molecular flexibility index (Phi) is 5.30. The molecule has 1 aliphatic carbocycles. The van der Waals surface area contributed by atoms with Crippen molar-refractivity contribution in [2.24, 2.45) is 0 Å². The van der Waals surface area contributed by atoms with Crippen molar-refractivity contribution >= 4 is 22.8 Å². The molecule has 5 nitrogen and oxygen atoms in total. The van der Waals surface area contributed by atoms with Gasteiger partial charge in [-0.1, -0.05) is 78.9 Å². The van der Waals surface area contributed by atoms with Gasteiger partial charge in [-0.05, 0) is 53.8 Å². The highest BCUT2D eigenvalue weighted by atomic mass is 16.2. The smallest absolute Gasteiger partial charge is 0.319 e. The molecule has 35 heavy (non-hydrogen) atoms. The van der Waals surface area contributed by atoms with Crippen LogP contribution < -0.4 is 10.6 Å². The molecule has 3 N–H and O–H groups in total. The first-order valence-corrected chi connectivity index (χ1v) is 11.9. The summed E-state index contributed by atoms with van der Waals surface area (Å²) in [7, 11) is 0. The lowest BCUT2D eigenvalue weighted by Gasteiger charge is -2.09. The van der Waals surface area contributed by atoms with E-state index in [0.717, 1.165) is 51.2 Å². The first kappa shape index (κ1) is 21.2. The maximum Gasteiger partial charge on any atom is 0.319 e. The summed E-state index contributed by atoms with van der Waals surface area (Å²) in [5, 5.41) is 6.02. The number of benzene rings is 4. The number of nitrogens with zero attached hydrogens (tertiary/aromatic N) is 1. The zero-order chi connectivity index (χ0) is 23.8. The number of hydrogen-bond acceptors (Lipinski definition) is 2. The van der Waals surface area contributed by atoms with E-state index in [1.54, 1.807) is 0 Å². The van der Waals surface area contributed by atoms with Crippen LogP contribution in [0, 0.1) is 6.92 Å². The summed E-state index contributed by atoms with van der Waals surface area (Å²) in [6, 6.07) is 32.8. The second-order valence-corrected chi connectivity index (χ2v) is 9.17. The molecule has 2 amide bonds. The van der Waals surface area contributed by atoms with Crippen molar-refractivity contribution in [2.45, 2.75) is 25.3 Å². The molecule has 0 saturated heterocycles. The van der Waals surface area contributed by atoms with Crippen molar-refractivity contribution in [1.29, 1.82) is 0 Å². The molecule has 2 atom stereocenters. The molecule has 0 spiro atoms. The van der Waals surface area contributed by atoms with Gasteiger partial charge in [-0.25, -0.2) is 9.78 Å². The molecule has 5 heteroatoms. The van der Waals surface area contributed by atoms with Gasteiger partial charge in [0.2, 0.25) is 0 Å². The quantitative estimate of drug-likeness (QED) is 0.269. The molecule has 1 aromatic heterocycles. The molecule has 1 heterocycles. The summed E-state index contributed by atoms with van der Waals surface area (Å²) in [6.07, 6.45) is 0.986. The number of para-hydroxylation sites is 1. The van der Waals surface area contributed by atoms with E-state index < -0.39 is 0 Å². The number of aromatic nitrogens is 2. The van der Waals surface area contributed by atoms with Crippen LogP contribution in [0.15, 0.2) is 97.1 Å². The molecule has 0 radical (unpaired) electrons. The van der Waals surface area contributed by atoms with Crippen molar-refractivity contribution in [3.05, 3.63) is 108 Å². The van der Waals surface area contributed by atoms with Crippen LogP contribution in [0.3, 0.4) is 0 Å². The molecule has 0 aliphatic heterocycles. The number of anilines is 1. The summed E-state index contributed by atoms with van der Waals surface area (Å²) in [5.74, 6) is 1.28. The lowest BCUT2D eigenvalue weighted by atomic mass is 10.0. The normalized spacial score (nSPS) is 16.7. The van der Waals surface area contributed by atoms with Crippen LogP contribution in [0.1, 0.15) is 23.5 Å². The Balaban J connectivity index is 1.09. The summed E-state index contributed by atoms with van der Waals surface area (Å²) in [4.78, 5) is 20.6. The molecule has 1 aliphatic rings. The van der Waals surface area contributed by atoms with E-state index in [1.165, 1.54) is 5.56 Å². The fourth-order valence-corrected chi connectivity index (χ4v) is 4.64. The molecule has 0 unspecified atom stereocenters. The van der Waals surface area contributed by atoms with Crippen LogP contribution in [0.2, 0.25) is 0 Å². The van der Waals surface area contributed by atoms with Gasteiger partial charge in [0.1, 0.15) is 5.82 Å². The van der Waals surface area contributed by atoms with Crippen LogP contribution in [0.25, 0.3) is 33.5 Å². The fourth-order valence-electron chi connectivity index (χ4n) is 4.64. The van der Waals surface area contributed by atoms with Crippen LogP contribution >= 0.6 is 0 Å². The second kappa shape index (κ2) is 8.76. The van der Waals surface area contributed by atoms with Gasteiger partial charge >= 0.3 is 6.03 Å². The molecule has 6 rings (SSSR count). The zero-order valence-electron chi connectivity index (χ0n) is 19.5. The van der Waals surface area contributed by atoms with Gasteiger partial charge < -0.3 is 15.6 Å². The number of aryl methyl sites for hydroxylation is 1. The average Bonchev–Trinajstić information content (AvgIpc) is 3.50. The first-order chi connectivity index (χ1) is 17.1. The minimum Gasteiger partial charge on any atom is -0.338 e. The van der Waals surface area contributed by atoms with Gasteiger partial charge in [0.25, 0.3) is 0 Å². The molecule has 172 valence electrons. The maximum atomic E-state index is 12.4. The molecule has 4 aromatic carbocycles. The van der Waals surface area contributed by atoms with E-state index in [2.05, 4.69) is 71.1 Å². The summed E-state index contributed by atoms with van der Waals surface area (Å²) in [5.41, 5.74) is 8.53. The first-order valence-electron chi connectivity index (χ1n) is 11.9. The fraction of sp³-hybridized carbons (Fsp3) is 0.133. The molecular weight excluding hydrogens is 432 g/mol. The van der Waals surface area contributed by atoms with Crippen molar-refractivity contribution in [3.8, 4) is 22.5 Å². The third kappa shape index (κ3) is 4.41. The minimum atomic E-state index is -0.161. The van der Waals surface area contributed by atoms with Crippen LogP contribution in [-0.2, 0) is 0 Å². The summed E-state index contributed by atoms with van der Waals surface area (Å²) >= 11 is 0. The number of imidazole rings is 1. The van der Waals surface area contributed by atoms with Crippen molar-refractivity contribution in [1.82, 2.24) is 15.3 Å². The number of amides is 2. The van der Waals surface area contributed by atoms with Crippen molar-refractivity contribution in [2.75, 3.05) is 5.32 Å². The minimum absolute atomic E-state index is 0.161. The van der Waals surface area contributed by atoms with Crippen LogP contribution in [-0.4, -0.2) is 22.0 Å². The van der Waals surface area contributed by atoms with Crippen LogP contribution in [0.5, 0.6) is 0 Å². The largest absolute Gasteiger partial charge is 0.338 e. The van der Waals surface area contributed by atoms with Crippen LogP contribution in [0.4, 0.5) is 10.5 Å². The highest BCUT2D eigenvalue weighted by molar-refractivity contribution is 5.90. The third-order valence-corrected chi connectivity index (χ3v) is 6.68. The highest BCUT2D eigenvalue weighted by Crippen LogP contribution is 2.40. The van der Waals surface area contributed by atoms with Gasteiger partial charge in [0, 0.05) is 23.2 Å². The van der Waals surface area contributed by atoms with E-state index in [0.29, 0.717) is 5.92 Å². The number of aromatic amines is 1. The SMILES string of the molecule is Cc1cccc2[nH]c(-c3ccc(-c4ccc(NC(=O)N[C@@H]5C[C@H]5c5ccccc5)cc4)cc3)nc12. The number of carbonyl (C=O) groups is 1. The Hall–Kier alpha value is -4.38. The Labute approximate surface area is 204 Å². The standard InChI is InChI=1S/C30H26N4O/c1-19-6-5-9-26-28(19)34-29(32-26)23-12-10-20(11-13-23)21-14-16-24(17-15-21)31-30(35)33-27-18-25(27)22-7-3-2-4-8-22/h2-17,25,27H,18H2,1H3,(H,32,34)(H2,31,33,35)/t25-,27+/m0/s1. The zero-order valence-corrected chi connectivity index (χ0v) is 19.5. The summed E-state index contributed by atoms with van der Waals surface area (Å²) < 4.78 is 0. The molecule has 1 saturated carbocycles. The van der Waals surface area contributed by atoms with Gasteiger partial charge in [-0.3, -0.25) is 0 Å². The van der Waals surface area contributed by atoms with Gasteiger partial charge in [0.15, 0.2) is 0 Å². The number of H-pyrrole nitrogens is 1. The Morgan fingerprint density at radius 2 is 1.51 bits per heavy atom. The van der Waals surface area contributed by atoms with E-state index in [-0.39, 0.29) is 12.1 Å². The topological polar surface area (TPSA) is 69.8 Å². The van der Waals surface area contributed by atoms with E-state index >= 15 is 0 Å². The van der Waals surface area contributed by atoms with E-state index in [9.17, 15) is 4.79 Å². The predicted molar refractivity (Wildman–Crippen MR) is 141 cm³/mol. The number of nitrogens with one attached hydrogen (secondary N) is 3. The Morgan fingerprint density at radius 3 is 2.23 bits per heavy atom. The number of fused-ring (bicyclic) bond motifs is 1. The van der Waals surface area contributed by atoms with E-state index in [1.807, 2.05) is 48.5 Å². The number of hydrogen-bond donors (Lipinski definition) is 3. The number of rotatable bonds is 5.